The highest BCUT2D eigenvalue weighted by Crippen LogP contribution is 2.21. The molecule has 1 aliphatic rings. The van der Waals surface area contributed by atoms with Crippen LogP contribution in [-0.2, 0) is 0 Å². The number of amides is 1. The maximum atomic E-state index is 12.7. The lowest BCUT2D eigenvalue weighted by atomic mass is 10.1. The predicted octanol–water partition coefficient (Wildman–Crippen LogP) is -0.0359. The fraction of sp³-hybridized carbons (Fsp3) is 0.381. The molecular formula is C21H29N3O2+2. The van der Waals surface area contributed by atoms with Crippen molar-refractivity contribution in [1.82, 2.24) is 4.90 Å². The zero-order chi connectivity index (χ0) is 18.4. The molecule has 3 rings (SSSR count). The number of likely N-dealkylation sites (N-methyl/N-ethyl adjacent to an activating group) is 1. The topological polar surface area (TPSA) is 38.4 Å². The van der Waals surface area contributed by atoms with E-state index in [9.17, 15) is 4.79 Å². The molecule has 0 spiro atoms. The number of rotatable bonds is 6. The van der Waals surface area contributed by atoms with Gasteiger partial charge in [0, 0.05) is 5.56 Å². The number of benzene rings is 2. The maximum Gasteiger partial charge on any atom is 0.254 e. The normalized spacial score (nSPS) is 15.3. The number of piperazine rings is 1. The minimum atomic E-state index is 0.119. The Hall–Kier alpha value is -2.37. The molecule has 5 heteroatoms. The van der Waals surface area contributed by atoms with Crippen molar-refractivity contribution in [1.29, 1.82) is 0 Å². The number of carbonyl (C=O) groups is 1. The lowest BCUT2D eigenvalue weighted by Gasteiger charge is -2.32. The Balaban J connectivity index is 1.52. The smallest absolute Gasteiger partial charge is 0.254 e. The van der Waals surface area contributed by atoms with Gasteiger partial charge in [0.1, 0.15) is 24.6 Å². The average Bonchev–Trinajstić information content (AvgIpc) is 2.68. The van der Waals surface area contributed by atoms with Gasteiger partial charge in [-0.3, -0.25) is 4.79 Å². The molecule has 2 aromatic carbocycles. The van der Waals surface area contributed by atoms with Crippen LogP contribution in [0.25, 0.3) is 0 Å². The molecule has 0 radical (unpaired) electrons. The molecule has 138 valence electrons. The number of hydrogen-bond acceptors (Lipinski definition) is 2. The van der Waals surface area contributed by atoms with E-state index in [2.05, 4.69) is 14.1 Å². The summed E-state index contributed by atoms with van der Waals surface area (Å²) in [5, 5.41) is 0. The minimum absolute atomic E-state index is 0.119. The predicted molar refractivity (Wildman–Crippen MR) is 102 cm³/mol. The van der Waals surface area contributed by atoms with Crippen LogP contribution in [0.4, 0.5) is 0 Å². The van der Waals surface area contributed by atoms with E-state index in [1.807, 2.05) is 59.5 Å². The molecule has 0 aliphatic carbocycles. The summed E-state index contributed by atoms with van der Waals surface area (Å²) in [4.78, 5) is 17.8. The van der Waals surface area contributed by atoms with Crippen molar-refractivity contribution in [3.63, 3.8) is 0 Å². The Morgan fingerprint density at radius 3 is 2.23 bits per heavy atom. The zero-order valence-electron chi connectivity index (χ0n) is 15.7. The van der Waals surface area contributed by atoms with Crippen molar-refractivity contribution in [2.24, 2.45) is 0 Å². The van der Waals surface area contributed by atoms with Crippen molar-refractivity contribution >= 4 is 5.91 Å². The largest absolute Gasteiger partial charge is 0.457 e. The molecule has 2 N–H and O–H groups in total. The van der Waals surface area contributed by atoms with Crippen LogP contribution >= 0.6 is 0 Å². The lowest BCUT2D eigenvalue weighted by Crippen LogP contribution is -3.19. The van der Waals surface area contributed by atoms with E-state index in [1.54, 1.807) is 4.90 Å². The summed E-state index contributed by atoms with van der Waals surface area (Å²) >= 11 is 0. The number of carbonyl (C=O) groups excluding carboxylic acids is 1. The summed E-state index contributed by atoms with van der Waals surface area (Å²) in [6.45, 7) is 6.09. The molecular weight excluding hydrogens is 326 g/mol. The molecule has 1 aliphatic heterocycles. The summed E-state index contributed by atoms with van der Waals surface area (Å²) in [7, 11) is 4.37. The molecule has 1 heterocycles. The van der Waals surface area contributed by atoms with Gasteiger partial charge in [-0.05, 0) is 36.4 Å². The van der Waals surface area contributed by atoms with Crippen LogP contribution in [0.2, 0.25) is 0 Å². The van der Waals surface area contributed by atoms with Crippen molar-refractivity contribution in [3.05, 3.63) is 60.2 Å². The third-order valence-electron chi connectivity index (χ3n) is 4.82. The van der Waals surface area contributed by atoms with E-state index < -0.39 is 0 Å². The van der Waals surface area contributed by atoms with Crippen LogP contribution in [-0.4, -0.2) is 64.2 Å². The number of ether oxygens (including phenoxy) is 1. The van der Waals surface area contributed by atoms with E-state index in [-0.39, 0.29) is 5.91 Å². The Morgan fingerprint density at radius 2 is 1.62 bits per heavy atom. The highest BCUT2D eigenvalue weighted by atomic mass is 16.5. The monoisotopic (exact) mass is 355 g/mol. The molecule has 0 atom stereocenters. The first-order chi connectivity index (χ1) is 12.6. The number of nitrogens with one attached hydrogen (secondary N) is 2. The van der Waals surface area contributed by atoms with Crippen molar-refractivity contribution in [2.75, 3.05) is 53.4 Å². The Bertz CT molecular complexity index is 693. The lowest BCUT2D eigenvalue weighted by molar-refractivity contribution is -0.943. The Kier molecular flexibility index (Phi) is 6.26. The van der Waals surface area contributed by atoms with Gasteiger partial charge in [-0.15, -0.1) is 0 Å². The molecule has 2 aromatic rings. The summed E-state index contributed by atoms with van der Waals surface area (Å²) in [6, 6.07) is 17.1. The number of nitrogens with zero attached hydrogens (tertiary/aromatic N) is 1. The number of para-hydroxylation sites is 1. The molecule has 0 saturated carbocycles. The third-order valence-corrected chi connectivity index (χ3v) is 4.82. The molecule has 1 amide bonds. The zero-order valence-corrected chi connectivity index (χ0v) is 15.7. The fourth-order valence-corrected chi connectivity index (χ4v) is 3.18. The SMILES string of the molecule is C[NH+](C)CC[NH+]1CCN(C(=O)c2ccc(Oc3ccccc3)cc2)CC1. The first kappa shape index (κ1) is 18.4. The molecule has 0 unspecified atom stereocenters. The second-order valence-electron chi connectivity index (χ2n) is 7.19. The molecule has 1 saturated heterocycles. The standard InChI is InChI=1S/C21H27N3O2/c1-22(2)12-13-23-14-16-24(17-15-23)21(25)18-8-10-20(11-9-18)26-19-6-4-3-5-7-19/h3-11H,12-17H2,1-2H3/p+2. The van der Waals surface area contributed by atoms with Gasteiger partial charge in [-0.1, -0.05) is 18.2 Å². The number of hydrogen-bond donors (Lipinski definition) is 2. The van der Waals surface area contributed by atoms with Gasteiger partial charge in [0.05, 0.1) is 40.3 Å². The van der Waals surface area contributed by atoms with Gasteiger partial charge in [-0.2, -0.15) is 0 Å². The third kappa shape index (κ3) is 5.07. The van der Waals surface area contributed by atoms with E-state index in [0.717, 1.165) is 43.2 Å². The van der Waals surface area contributed by atoms with Crippen LogP contribution in [0, 0.1) is 0 Å². The van der Waals surface area contributed by atoms with E-state index in [1.165, 1.54) is 18.0 Å². The molecule has 1 fully saturated rings. The van der Waals surface area contributed by atoms with Crippen molar-refractivity contribution in [2.45, 2.75) is 0 Å². The van der Waals surface area contributed by atoms with Gasteiger partial charge in [0.2, 0.25) is 0 Å². The van der Waals surface area contributed by atoms with Gasteiger partial charge < -0.3 is 19.4 Å². The minimum Gasteiger partial charge on any atom is -0.457 e. The van der Waals surface area contributed by atoms with Gasteiger partial charge in [-0.25, -0.2) is 0 Å². The Labute approximate surface area is 155 Å². The molecule has 5 nitrogen and oxygen atoms in total. The molecule has 26 heavy (non-hydrogen) atoms. The summed E-state index contributed by atoms with van der Waals surface area (Å²) in [6.07, 6.45) is 0. The van der Waals surface area contributed by atoms with E-state index in [4.69, 9.17) is 4.74 Å². The first-order valence-electron chi connectivity index (χ1n) is 9.36. The van der Waals surface area contributed by atoms with Crippen LogP contribution in [0.3, 0.4) is 0 Å². The van der Waals surface area contributed by atoms with Crippen LogP contribution < -0.4 is 14.5 Å². The second-order valence-corrected chi connectivity index (χ2v) is 7.19. The average molecular weight is 355 g/mol. The van der Waals surface area contributed by atoms with Crippen LogP contribution in [0.5, 0.6) is 11.5 Å². The highest BCUT2D eigenvalue weighted by molar-refractivity contribution is 5.94. The van der Waals surface area contributed by atoms with Crippen molar-refractivity contribution < 1.29 is 19.3 Å². The summed E-state index contributed by atoms with van der Waals surface area (Å²) in [5.74, 6) is 1.66. The quantitative estimate of drug-likeness (QED) is 0.764. The van der Waals surface area contributed by atoms with Gasteiger partial charge >= 0.3 is 0 Å². The first-order valence-corrected chi connectivity index (χ1v) is 9.36. The highest BCUT2D eigenvalue weighted by Gasteiger charge is 2.24. The van der Waals surface area contributed by atoms with Crippen LogP contribution in [0.1, 0.15) is 10.4 Å². The van der Waals surface area contributed by atoms with Crippen molar-refractivity contribution in [3.8, 4) is 11.5 Å². The molecule has 0 aromatic heterocycles. The molecule has 0 bridgehead atoms. The van der Waals surface area contributed by atoms with Gasteiger partial charge in [0.25, 0.3) is 5.91 Å². The Morgan fingerprint density at radius 1 is 1.00 bits per heavy atom. The summed E-state index contributed by atoms with van der Waals surface area (Å²) < 4.78 is 5.79. The second kappa shape index (κ2) is 8.83. The van der Waals surface area contributed by atoms with E-state index >= 15 is 0 Å². The van der Waals surface area contributed by atoms with Gasteiger partial charge in [0.15, 0.2) is 0 Å². The van der Waals surface area contributed by atoms with Crippen LogP contribution in [0.15, 0.2) is 54.6 Å². The fourth-order valence-electron chi connectivity index (χ4n) is 3.18. The van der Waals surface area contributed by atoms with E-state index in [0.29, 0.717) is 0 Å². The summed E-state index contributed by atoms with van der Waals surface area (Å²) in [5.41, 5.74) is 0.728. The maximum absolute atomic E-state index is 12.7. The number of quaternary nitrogens is 2.